The zero-order valence-electron chi connectivity index (χ0n) is 17.3. The number of aromatic nitrogens is 2. The summed E-state index contributed by atoms with van der Waals surface area (Å²) in [6.07, 6.45) is 4.82. The number of nitrogens with one attached hydrogen (secondary N) is 1. The highest BCUT2D eigenvalue weighted by molar-refractivity contribution is 7.89. The maximum absolute atomic E-state index is 12.5. The lowest BCUT2D eigenvalue weighted by molar-refractivity contribution is 0.188. The second-order valence-corrected chi connectivity index (χ2v) is 9.59. The highest BCUT2D eigenvalue weighted by Gasteiger charge is 2.30. The molecule has 1 aromatic heterocycles. The van der Waals surface area contributed by atoms with Crippen molar-refractivity contribution in [3.63, 3.8) is 0 Å². The summed E-state index contributed by atoms with van der Waals surface area (Å²) in [6.45, 7) is 3.14. The summed E-state index contributed by atoms with van der Waals surface area (Å²) in [5.41, 5.74) is 3.38. The zero-order valence-corrected chi connectivity index (χ0v) is 18.1. The van der Waals surface area contributed by atoms with E-state index < -0.39 is 10.0 Å². The molecule has 30 heavy (non-hydrogen) atoms. The van der Waals surface area contributed by atoms with Crippen LogP contribution in [-0.4, -0.2) is 24.8 Å². The summed E-state index contributed by atoms with van der Waals surface area (Å²) in [7, 11) is -1.91. The molecule has 0 radical (unpaired) electrons. The fourth-order valence-electron chi connectivity index (χ4n) is 4.04. The van der Waals surface area contributed by atoms with Gasteiger partial charge in [0.05, 0.1) is 12.8 Å². The van der Waals surface area contributed by atoms with Gasteiger partial charge in [-0.15, -0.1) is 0 Å². The van der Waals surface area contributed by atoms with Gasteiger partial charge in [-0.05, 0) is 41.5 Å². The van der Waals surface area contributed by atoms with Crippen LogP contribution in [0.5, 0.6) is 5.75 Å². The molecule has 0 saturated carbocycles. The highest BCUT2D eigenvalue weighted by Crippen LogP contribution is 2.41. The quantitative estimate of drug-likeness (QED) is 0.627. The topological polar surface area (TPSA) is 73.2 Å². The van der Waals surface area contributed by atoms with Gasteiger partial charge in [-0.2, -0.15) is 5.10 Å². The normalized spacial score (nSPS) is 18.6. The van der Waals surface area contributed by atoms with Gasteiger partial charge in [-0.3, -0.25) is 4.68 Å². The number of aryl methyl sites for hydroxylation is 1. The number of hydrogen-bond acceptors (Lipinski definition) is 4. The van der Waals surface area contributed by atoms with Crippen molar-refractivity contribution in [2.24, 2.45) is 13.0 Å². The van der Waals surface area contributed by atoms with Crippen molar-refractivity contribution in [2.75, 3.05) is 6.61 Å². The van der Waals surface area contributed by atoms with E-state index in [4.69, 9.17) is 4.74 Å². The van der Waals surface area contributed by atoms with Crippen LogP contribution in [0.25, 0.3) is 0 Å². The van der Waals surface area contributed by atoms with Gasteiger partial charge in [-0.1, -0.05) is 49.4 Å². The van der Waals surface area contributed by atoms with Crippen molar-refractivity contribution in [2.45, 2.75) is 37.1 Å². The van der Waals surface area contributed by atoms with Gasteiger partial charge in [-0.25, -0.2) is 13.1 Å². The molecule has 3 aromatic rings. The minimum Gasteiger partial charge on any atom is -0.493 e. The first-order chi connectivity index (χ1) is 14.5. The summed E-state index contributed by atoms with van der Waals surface area (Å²) >= 11 is 0. The molecule has 7 heteroatoms. The molecule has 2 unspecified atom stereocenters. The first-order valence-electron chi connectivity index (χ1n) is 10.2. The van der Waals surface area contributed by atoms with Crippen molar-refractivity contribution in [3.05, 3.63) is 77.6 Å². The van der Waals surface area contributed by atoms with Crippen LogP contribution in [0.1, 0.15) is 36.0 Å². The fraction of sp³-hybridized carbons (Fsp3) is 0.348. The Morgan fingerprint density at radius 2 is 1.97 bits per heavy atom. The van der Waals surface area contributed by atoms with Crippen LogP contribution in [0, 0.1) is 5.92 Å². The van der Waals surface area contributed by atoms with Gasteiger partial charge < -0.3 is 4.74 Å². The predicted molar refractivity (Wildman–Crippen MR) is 116 cm³/mol. The maximum atomic E-state index is 12.5. The monoisotopic (exact) mass is 425 g/mol. The van der Waals surface area contributed by atoms with E-state index in [9.17, 15) is 8.42 Å². The third kappa shape index (κ3) is 4.42. The summed E-state index contributed by atoms with van der Waals surface area (Å²) in [5.74, 6) is 1.68. The van der Waals surface area contributed by atoms with Crippen molar-refractivity contribution in [1.29, 1.82) is 0 Å². The van der Waals surface area contributed by atoms with E-state index in [0.717, 1.165) is 29.7 Å². The van der Waals surface area contributed by atoms with Gasteiger partial charge in [0.2, 0.25) is 10.0 Å². The van der Waals surface area contributed by atoms with Crippen LogP contribution in [0.3, 0.4) is 0 Å². The third-order valence-electron chi connectivity index (χ3n) is 5.78. The van der Waals surface area contributed by atoms with Crippen LogP contribution >= 0.6 is 0 Å². The van der Waals surface area contributed by atoms with Gasteiger partial charge in [0, 0.05) is 25.7 Å². The van der Waals surface area contributed by atoms with Gasteiger partial charge in [0.25, 0.3) is 0 Å². The molecule has 0 spiro atoms. The van der Waals surface area contributed by atoms with Gasteiger partial charge in [0.1, 0.15) is 10.6 Å². The molecule has 1 aliphatic rings. The Hall–Kier alpha value is -2.64. The SMILES string of the molecule is CCC1COc2ccc(CNS(=O)(=O)c3cnn(C)c3)cc2C1Cc1ccccc1. The van der Waals surface area contributed by atoms with Crippen LogP contribution in [0.2, 0.25) is 0 Å². The summed E-state index contributed by atoms with van der Waals surface area (Å²) in [4.78, 5) is 0.166. The Bertz CT molecular complexity index is 1110. The molecule has 0 aliphatic carbocycles. The van der Waals surface area contributed by atoms with Gasteiger partial charge in [0.15, 0.2) is 0 Å². The molecule has 2 aromatic carbocycles. The second kappa shape index (κ2) is 8.62. The highest BCUT2D eigenvalue weighted by atomic mass is 32.2. The minimum atomic E-state index is -3.60. The molecular formula is C23H27N3O3S. The molecule has 6 nitrogen and oxygen atoms in total. The molecule has 4 rings (SSSR count). The average Bonchev–Trinajstić information content (AvgIpc) is 3.21. The number of sulfonamides is 1. The molecule has 0 amide bonds. The van der Waals surface area contributed by atoms with Crippen molar-refractivity contribution in [1.82, 2.24) is 14.5 Å². The van der Waals surface area contributed by atoms with Crippen LogP contribution in [0.4, 0.5) is 0 Å². The summed E-state index contributed by atoms with van der Waals surface area (Å²) < 4.78 is 35.2. The average molecular weight is 426 g/mol. The van der Waals surface area contributed by atoms with E-state index in [1.165, 1.54) is 22.6 Å². The third-order valence-corrected chi connectivity index (χ3v) is 7.13. The molecule has 0 fully saturated rings. The molecule has 158 valence electrons. The minimum absolute atomic E-state index is 0.166. The van der Waals surface area contributed by atoms with Crippen LogP contribution in [0.15, 0.2) is 65.8 Å². The zero-order chi connectivity index (χ0) is 21.1. The van der Waals surface area contributed by atoms with Crippen LogP contribution < -0.4 is 9.46 Å². The Balaban J connectivity index is 1.57. The number of hydrogen-bond donors (Lipinski definition) is 1. The lowest BCUT2D eigenvalue weighted by Crippen LogP contribution is -2.28. The fourth-order valence-corrected chi connectivity index (χ4v) is 5.04. The Kier molecular flexibility index (Phi) is 5.92. The van der Waals surface area contributed by atoms with Crippen molar-refractivity contribution in [3.8, 4) is 5.75 Å². The standard InChI is InChI=1S/C23H27N3O3S/c1-3-19-16-29-23-10-9-18(13-25-30(27,28)20-14-24-26(2)15-20)12-22(23)21(19)11-17-7-5-4-6-8-17/h4-10,12,14-15,19,21,25H,3,11,13,16H2,1-2H3. The van der Waals surface area contributed by atoms with E-state index in [0.29, 0.717) is 18.4 Å². The lowest BCUT2D eigenvalue weighted by Gasteiger charge is -2.33. The number of rotatable bonds is 7. The van der Waals surface area contributed by atoms with Crippen molar-refractivity contribution < 1.29 is 13.2 Å². The van der Waals surface area contributed by atoms with E-state index in [-0.39, 0.29) is 11.4 Å². The largest absolute Gasteiger partial charge is 0.493 e. The molecule has 0 bridgehead atoms. The van der Waals surface area contributed by atoms with E-state index in [1.54, 1.807) is 7.05 Å². The Labute approximate surface area is 177 Å². The van der Waals surface area contributed by atoms with Gasteiger partial charge >= 0.3 is 0 Å². The second-order valence-electron chi connectivity index (χ2n) is 7.82. The summed E-state index contributed by atoms with van der Waals surface area (Å²) in [6, 6.07) is 16.5. The lowest BCUT2D eigenvalue weighted by atomic mass is 9.78. The maximum Gasteiger partial charge on any atom is 0.243 e. The summed E-state index contributed by atoms with van der Waals surface area (Å²) in [5, 5.41) is 3.94. The van der Waals surface area contributed by atoms with Crippen LogP contribution in [-0.2, 0) is 30.0 Å². The molecule has 1 N–H and O–H groups in total. The number of benzene rings is 2. The Morgan fingerprint density at radius 3 is 2.67 bits per heavy atom. The first kappa shape index (κ1) is 20.6. The first-order valence-corrected chi connectivity index (χ1v) is 11.7. The van der Waals surface area contributed by atoms with E-state index in [2.05, 4.69) is 47.1 Å². The molecule has 2 heterocycles. The number of nitrogens with zero attached hydrogens (tertiary/aromatic N) is 2. The number of ether oxygens (including phenoxy) is 1. The molecular weight excluding hydrogens is 398 g/mol. The van der Waals surface area contributed by atoms with E-state index in [1.807, 2.05) is 18.2 Å². The molecule has 0 saturated heterocycles. The predicted octanol–water partition coefficient (Wildman–Crippen LogP) is 3.64. The Morgan fingerprint density at radius 1 is 1.17 bits per heavy atom. The van der Waals surface area contributed by atoms with Crippen molar-refractivity contribution >= 4 is 10.0 Å². The molecule has 2 atom stereocenters. The van der Waals surface area contributed by atoms with E-state index >= 15 is 0 Å². The number of fused-ring (bicyclic) bond motifs is 1. The molecule has 1 aliphatic heterocycles. The smallest absolute Gasteiger partial charge is 0.243 e.